The van der Waals surface area contributed by atoms with Crippen molar-refractivity contribution in [1.82, 2.24) is 19.4 Å². The van der Waals surface area contributed by atoms with E-state index in [2.05, 4.69) is 5.32 Å². The average Bonchev–Trinajstić information content (AvgIpc) is 3.27. The van der Waals surface area contributed by atoms with Gasteiger partial charge < -0.3 is 9.64 Å². The van der Waals surface area contributed by atoms with Gasteiger partial charge in [-0.05, 0) is 87.5 Å². The van der Waals surface area contributed by atoms with Crippen LogP contribution in [0.3, 0.4) is 0 Å². The molecule has 246 valence electrons. The van der Waals surface area contributed by atoms with Crippen molar-refractivity contribution in [3.63, 3.8) is 0 Å². The van der Waals surface area contributed by atoms with E-state index in [1.807, 2.05) is 11.8 Å². The molecule has 1 aromatic carbocycles. The number of benzene rings is 1. The van der Waals surface area contributed by atoms with Gasteiger partial charge in [-0.1, -0.05) is 6.42 Å². The van der Waals surface area contributed by atoms with Crippen LogP contribution in [0.4, 0.5) is 8.78 Å². The van der Waals surface area contributed by atoms with Crippen molar-refractivity contribution in [2.24, 2.45) is 11.8 Å². The van der Waals surface area contributed by atoms with Gasteiger partial charge in [0.05, 0.1) is 4.75 Å². The first-order valence-corrected chi connectivity index (χ1v) is 17.9. The summed E-state index contributed by atoms with van der Waals surface area (Å²) in [5, 5.41) is 2.30. The Balaban J connectivity index is 0.979. The zero-order valence-electron chi connectivity index (χ0n) is 25.7. The quantitative estimate of drug-likeness (QED) is 0.451. The molecule has 5 fully saturated rings. The minimum Gasteiger partial charge on any atom is -0.489 e. The second-order valence-corrected chi connectivity index (χ2v) is 16.7. The third-order valence-corrected chi connectivity index (χ3v) is 14.1. The number of hydrogen-bond donors (Lipinski definition) is 1. The first-order chi connectivity index (χ1) is 21.4. The van der Waals surface area contributed by atoms with E-state index in [1.54, 1.807) is 22.5 Å². The maximum atomic E-state index is 15.5. The summed E-state index contributed by atoms with van der Waals surface area (Å²) in [5.74, 6) is -3.03. The van der Waals surface area contributed by atoms with Crippen molar-refractivity contribution in [3.8, 4) is 5.75 Å². The highest BCUT2D eigenvalue weighted by molar-refractivity contribution is 7.90. The number of imide groups is 1. The molecule has 6 aliphatic rings. The highest BCUT2D eigenvalue weighted by Crippen LogP contribution is 2.45. The molecule has 3 atom stereocenters. The highest BCUT2D eigenvalue weighted by Gasteiger charge is 2.55. The lowest BCUT2D eigenvalue weighted by Crippen LogP contribution is -2.66. The SMILES string of the molecule is CC1(S(=O)(=O)N2CCC(C3CN([C@H]4[C@H](Oc5ccc6c(c5)CN(C5CCC(=O)NC5=O)C6=O)CCCC4(F)F)C3)CC2)CCC1. The zero-order valence-corrected chi connectivity index (χ0v) is 26.5. The van der Waals surface area contributed by atoms with E-state index in [9.17, 15) is 22.8 Å². The lowest BCUT2D eigenvalue weighted by molar-refractivity contribution is -0.172. The van der Waals surface area contributed by atoms with Crippen molar-refractivity contribution < 1.29 is 36.3 Å². The van der Waals surface area contributed by atoms with Crippen molar-refractivity contribution in [3.05, 3.63) is 29.3 Å². The Morgan fingerprint density at radius 2 is 1.69 bits per heavy atom. The number of fused-ring (bicyclic) bond motifs is 1. The Kier molecular flexibility index (Phi) is 7.75. The van der Waals surface area contributed by atoms with Gasteiger partial charge in [0.1, 0.15) is 23.9 Å². The summed E-state index contributed by atoms with van der Waals surface area (Å²) in [6.45, 7) is 4.15. The van der Waals surface area contributed by atoms with Gasteiger partial charge in [0.2, 0.25) is 21.8 Å². The maximum absolute atomic E-state index is 15.5. The van der Waals surface area contributed by atoms with Crippen LogP contribution in [-0.4, -0.2) is 95.3 Å². The van der Waals surface area contributed by atoms with Gasteiger partial charge in [0.25, 0.3) is 11.8 Å². The van der Waals surface area contributed by atoms with Crippen LogP contribution in [0.15, 0.2) is 18.2 Å². The van der Waals surface area contributed by atoms with Crippen LogP contribution in [0.1, 0.15) is 87.1 Å². The number of amides is 3. The molecule has 10 nitrogen and oxygen atoms in total. The van der Waals surface area contributed by atoms with Crippen LogP contribution in [-0.2, 0) is 26.2 Å². The molecule has 7 rings (SSSR count). The average molecular weight is 649 g/mol. The summed E-state index contributed by atoms with van der Waals surface area (Å²) in [6, 6.07) is 3.20. The van der Waals surface area contributed by atoms with Gasteiger partial charge in [-0.2, -0.15) is 0 Å². The summed E-state index contributed by atoms with van der Waals surface area (Å²) in [7, 11) is -3.31. The Hall–Kier alpha value is -2.64. The molecule has 45 heavy (non-hydrogen) atoms. The van der Waals surface area contributed by atoms with Gasteiger partial charge in [-0.25, -0.2) is 21.5 Å². The summed E-state index contributed by atoms with van der Waals surface area (Å²) in [4.78, 5) is 40.3. The Labute approximate surface area is 262 Å². The number of carbonyl (C=O) groups excluding carboxylic acids is 3. The van der Waals surface area contributed by atoms with E-state index in [0.29, 0.717) is 61.8 Å². The second-order valence-electron chi connectivity index (χ2n) is 14.2. The normalized spacial score (nSPS) is 31.2. The second kappa shape index (κ2) is 11.3. The lowest BCUT2D eigenvalue weighted by atomic mass is 9.77. The Morgan fingerprint density at radius 3 is 2.36 bits per heavy atom. The summed E-state index contributed by atoms with van der Waals surface area (Å²) < 4.78 is 64.5. The maximum Gasteiger partial charge on any atom is 0.266 e. The van der Waals surface area contributed by atoms with Crippen LogP contribution in [0.25, 0.3) is 0 Å². The third kappa shape index (κ3) is 5.36. The fraction of sp³-hybridized carbons (Fsp3) is 0.719. The third-order valence-electron chi connectivity index (χ3n) is 11.4. The molecular weight excluding hydrogens is 606 g/mol. The van der Waals surface area contributed by atoms with Crippen molar-refractivity contribution >= 4 is 27.7 Å². The number of halogens is 2. The van der Waals surface area contributed by atoms with Crippen LogP contribution in [0.2, 0.25) is 0 Å². The summed E-state index contributed by atoms with van der Waals surface area (Å²) >= 11 is 0. The summed E-state index contributed by atoms with van der Waals surface area (Å²) in [6.07, 6.45) is 4.29. The molecule has 0 radical (unpaired) electrons. The monoisotopic (exact) mass is 648 g/mol. The molecule has 13 heteroatoms. The van der Waals surface area contributed by atoms with E-state index in [4.69, 9.17) is 4.74 Å². The number of likely N-dealkylation sites (tertiary alicyclic amines) is 1. The van der Waals surface area contributed by atoms with E-state index in [0.717, 1.165) is 32.1 Å². The first-order valence-electron chi connectivity index (χ1n) is 16.4. The van der Waals surface area contributed by atoms with Gasteiger partial charge in [0.15, 0.2) is 0 Å². The molecule has 0 spiro atoms. The van der Waals surface area contributed by atoms with Gasteiger partial charge in [-0.3, -0.25) is 24.6 Å². The van der Waals surface area contributed by atoms with Crippen molar-refractivity contribution in [2.45, 2.75) is 107 Å². The van der Waals surface area contributed by atoms with Gasteiger partial charge in [-0.15, -0.1) is 0 Å². The van der Waals surface area contributed by atoms with E-state index >= 15 is 8.78 Å². The number of hydrogen-bond acceptors (Lipinski definition) is 7. The summed E-state index contributed by atoms with van der Waals surface area (Å²) in [5.41, 5.74) is 1.12. The minimum absolute atomic E-state index is 0.167. The molecule has 1 aromatic rings. The number of sulfonamides is 1. The molecule has 1 unspecified atom stereocenters. The molecule has 2 saturated carbocycles. The van der Waals surface area contributed by atoms with Crippen molar-refractivity contribution in [1.29, 1.82) is 0 Å². The molecule has 4 heterocycles. The standard InChI is InChI=1S/C32H42F2N4O6S/c1-31(11-3-12-31)45(42,43)37-14-9-20(10-15-37)22-17-36(18-22)28-26(4-2-13-32(28,33)34)44-23-5-6-24-21(16-23)19-38(30(24)41)25-7-8-27(39)35-29(25)40/h5-6,16,20,22,25-26,28H,2-4,7-15,17-19H2,1H3,(H,35,39,40)/t25?,26-,28+/m1/s1. The number of rotatable bonds is 7. The van der Waals surface area contributed by atoms with Crippen LogP contribution < -0.4 is 10.1 Å². The van der Waals surface area contributed by atoms with Crippen LogP contribution >= 0.6 is 0 Å². The number of piperidine rings is 2. The topological polar surface area (TPSA) is 116 Å². The zero-order chi connectivity index (χ0) is 31.7. The highest BCUT2D eigenvalue weighted by atomic mass is 32.2. The fourth-order valence-electron chi connectivity index (χ4n) is 8.45. The predicted octanol–water partition coefficient (Wildman–Crippen LogP) is 3.30. The van der Waals surface area contributed by atoms with E-state index in [-0.39, 0.29) is 43.5 Å². The first kappa shape index (κ1) is 31.0. The molecular formula is C32H42F2N4O6S. The van der Waals surface area contributed by atoms with E-state index in [1.165, 1.54) is 4.90 Å². The lowest BCUT2D eigenvalue weighted by Gasteiger charge is -2.53. The largest absolute Gasteiger partial charge is 0.489 e. The molecule has 4 aliphatic heterocycles. The number of alkyl halides is 2. The van der Waals surface area contributed by atoms with Crippen LogP contribution in [0, 0.1) is 11.8 Å². The molecule has 3 saturated heterocycles. The molecule has 0 bridgehead atoms. The number of carbonyl (C=O) groups is 3. The van der Waals surface area contributed by atoms with Gasteiger partial charge in [0, 0.05) is 51.1 Å². The van der Waals surface area contributed by atoms with Crippen molar-refractivity contribution in [2.75, 3.05) is 26.2 Å². The fourth-order valence-corrected chi connectivity index (χ4v) is 10.6. The van der Waals surface area contributed by atoms with E-state index < -0.39 is 44.8 Å². The molecule has 2 aliphatic carbocycles. The number of ether oxygens (including phenoxy) is 1. The molecule has 3 amide bonds. The Bertz CT molecular complexity index is 1490. The number of nitrogens with zero attached hydrogens (tertiary/aromatic N) is 3. The predicted molar refractivity (Wildman–Crippen MR) is 160 cm³/mol. The van der Waals surface area contributed by atoms with Gasteiger partial charge >= 0.3 is 0 Å². The molecule has 1 N–H and O–H groups in total. The smallest absolute Gasteiger partial charge is 0.266 e. The molecule has 0 aromatic heterocycles. The number of nitrogens with one attached hydrogen (secondary N) is 1. The minimum atomic E-state index is -3.31. The Morgan fingerprint density at radius 1 is 0.956 bits per heavy atom. The van der Waals surface area contributed by atoms with Crippen LogP contribution in [0.5, 0.6) is 5.75 Å².